The van der Waals surface area contributed by atoms with E-state index in [0.717, 1.165) is 26.6 Å². The van der Waals surface area contributed by atoms with Crippen LogP contribution in [0.2, 0.25) is 4.34 Å². The molecule has 0 aromatic carbocycles. The highest BCUT2D eigenvalue weighted by Gasteiger charge is 2.17. The maximum Gasteiger partial charge on any atom is 0.208 e. The van der Waals surface area contributed by atoms with Gasteiger partial charge in [0.2, 0.25) is 5.96 Å². The van der Waals surface area contributed by atoms with Crippen molar-refractivity contribution in [1.82, 2.24) is 5.32 Å². The normalized spacial score (nSPS) is 15.6. The van der Waals surface area contributed by atoms with Gasteiger partial charge in [0, 0.05) is 18.0 Å². The molecule has 1 aromatic rings. The molecule has 1 atom stereocenters. The van der Waals surface area contributed by atoms with E-state index in [1.54, 1.807) is 11.3 Å². The molecule has 100 valence electrons. The number of anilines is 1. The lowest BCUT2D eigenvalue weighted by molar-refractivity contribution is 0.519. The summed E-state index contributed by atoms with van der Waals surface area (Å²) in [5.74, 6) is 0.852. The Kier molecular flexibility index (Phi) is 5.21. The van der Waals surface area contributed by atoms with E-state index in [2.05, 4.69) is 28.9 Å². The summed E-state index contributed by atoms with van der Waals surface area (Å²) in [6.07, 6.45) is 4.79. The summed E-state index contributed by atoms with van der Waals surface area (Å²) in [7, 11) is 0. The lowest BCUT2D eigenvalue weighted by Crippen LogP contribution is -2.39. The number of hydrogen-bond acceptors (Lipinski definition) is 5. The number of rotatable bonds is 5. The zero-order valence-electron chi connectivity index (χ0n) is 10.6. The van der Waals surface area contributed by atoms with Crippen molar-refractivity contribution in [3.8, 4) is 0 Å². The van der Waals surface area contributed by atoms with E-state index in [9.17, 15) is 0 Å². The molecule has 0 saturated heterocycles. The molecule has 1 aliphatic heterocycles. The van der Waals surface area contributed by atoms with Crippen molar-refractivity contribution in [2.24, 2.45) is 4.40 Å². The van der Waals surface area contributed by atoms with E-state index < -0.39 is 0 Å². The Morgan fingerprint density at radius 2 is 2.33 bits per heavy atom. The molecule has 0 aliphatic carbocycles. The number of nitrogens with one attached hydrogen (secondary N) is 2. The van der Waals surface area contributed by atoms with E-state index in [1.807, 2.05) is 6.07 Å². The number of thiophene rings is 1. The molecule has 2 heterocycles. The molecule has 1 aliphatic rings. The van der Waals surface area contributed by atoms with E-state index in [1.165, 1.54) is 31.2 Å². The fraction of sp³-hybridized carbons (Fsp3) is 0.583. The molecule has 6 heteroatoms. The first-order valence-electron chi connectivity index (χ1n) is 6.30. The lowest BCUT2D eigenvalue weighted by Gasteiger charge is -2.21. The molecule has 18 heavy (non-hydrogen) atoms. The molecule has 0 bridgehead atoms. The minimum Gasteiger partial charge on any atom is -0.353 e. The molecule has 0 fully saturated rings. The van der Waals surface area contributed by atoms with Gasteiger partial charge in [0.25, 0.3) is 0 Å². The van der Waals surface area contributed by atoms with Crippen LogP contribution >= 0.6 is 34.9 Å². The summed E-state index contributed by atoms with van der Waals surface area (Å²) in [5, 5.41) is 6.77. The second-order valence-electron chi connectivity index (χ2n) is 4.30. The maximum atomic E-state index is 5.99. The average molecular weight is 304 g/mol. The zero-order chi connectivity index (χ0) is 13.0. The van der Waals surface area contributed by atoms with Crippen molar-refractivity contribution in [2.45, 2.75) is 49.8 Å². The van der Waals surface area contributed by atoms with Gasteiger partial charge in [0.1, 0.15) is 4.21 Å². The first-order valence-corrected chi connectivity index (χ1v) is 8.27. The van der Waals surface area contributed by atoms with Crippen molar-refractivity contribution < 1.29 is 0 Å². The third-order valence-electron chi connectivity index (χ3n) is 2.88. The second-order valence-corrected chi connectivity index (χ2v) is 7.01. The summed E-state index contributed by atoms with van der Waals surface area (Å²) >= 11 is 9.05. The molecule has 0 amide bonds. The predicted octanol–water partition coefficient (Wildman–Crippen LogP) is 4.75. The van der Waals surface area contributed by atoms with Gasteiger partial charge < -0.3 is 10.6 Å². The molecule has 3 nitrogen and oxygen atoms in total. The van der Waals surface area contributed by atoms with Gasteiger partial charge in [-0.05, 0) is 18.9 Å². The van der Waals surface area contributed by atoms with Crippen LogP contribution in [0, 0.1) is 0 Å². The molecule has 0 spiro atoms. The van der Waals surface area contributed by atoms with Crippen LogP contribution < -0.4 is 10.6 Å². The Morgan fingerprint density at radius 1 is 1.50 bits per heavy atom. The fourth-order valence-electron chi connectivity index (χ4n) is 1.82. The first-order chi connectivity index (χ1) is 8.72. The highest BCUT2D eigenvalue weighted by Crippen LogP contribution is 2.41. The Balaban J connectivity index is 1.92. The van der Waals surface area contributed by atoms with Gasteiger partial charge in [-0.3, -0.25) is 0 Å². The van der Waals surface area contributed by atoms with Gasteiger partial charge in [-0.2, -0.15) is 4.40 Å². The number of hydrogen-bond donors (Lipinski definition) is 2. The van der Waals surface area contributed by atoms with Gasteiger partial charge in [-0.1, -0.05) is 38.3 Å². The molecule has 0 saturated carbocycles. The van der Waals surface area contributed by atoms with Crippen LogP contribution in [0.4, 0.5) is 5.69 Å². The van der Waals surface area contributed by atoms with E-state index >= 15 is 0 Å². The monoisotopic (exact) mass is 303 g/mol. The zero-order valence-corrected chi connectivity index (χ0v) is 13.0. The summed E-state index contributed by atoms with van der Waals surface area (Å²) in [5.41, 5.74) is 1.07. The Bertz CT molecular complexity index is 431. The van der Waals surface area contributed by atoms with Gasteiger partial charge in [-0.15, -0.1) is 11.3 Å². The number of fused-ring (bicyclic) bond motifs is 1. The SMILES string of the molecule is CCCCC(CC)NC1=NSc2sc(Cl)cc2N1. The van der Waals surface area contributed by atoms with Crippen molar-refractivity contribution in [3.63, 3.8) is 0 Å². The molecular weight excluding hydrogens is 286 g/mol. The molecule has 0 radical (unpaired) electrons. The first kappa shape index (κ1) is 14.0. The Labute approximate surface area is 122 Å². The van der Waals surface area contributed by atoms with Gasteiger partial charge in [-0.25, -0.2) is 0 Å². The number of unbranched alkanes of at least 4 members (excludes halogenated alkanes) is 1. The lowest BCUT2D eigenvalue weighted by atomic mass is 10.1. The van der Waals surface area contributed by atoms with Crippen LogP contribution in [-0.2, 0) is 0 Å². The van der Waals surface area contributed by atoms with Crippen molar-refractivity contribution in [3.05, 3.63) is 10.4 Å². The van der Waals surface area contributed by atoms with Crippen LogP contribution in [-0.4, -0.2) is 12.0 Å². The number of nitrogens with zero attached hydrogens (tertiary/aromatic N) is 1. The smallest absolute Gasteiger partial charge is 0.208 e. The standard InChI is InChI=1S/C12H18ClN3S2/c1-3-5-6-8(4-2)14-12-15-9-7-10(13)17-11(9)18-16-12/h7-8H,3-6H2,1-2H3,(H2,14,15,16). The summed E-state index contributed by atoms with van der Waals surface area (Å²) < 4.78 is 6.37. The average Bonchev–Trinajstić information content (AvgIpc) is 2.73. The molecular formula is C12H18ClN3S2. The second kappa shape index (κ2) is 6.68. The molecule has 2 N–H and O–H groups in total. The third kappa shape index (κ3) is 3.56. The minimum atomic E-state index is 0.493. The van der Waals surface area contributed by atoms with E-state index in [-0.39, 0.29) is 0 Å². The number of halogens is 1. The molecule has 2 rings (SSSR count). The van der Waals surface area contributed by atoms with Crippen LogP contribution in [0.5, 0.6) is 0 Å². The predicted molar refractivity (Wildman–Crippen MR) is 83.0 cm³/mol. The number of guanidine groups is 1. The summed E-state index contributed by atoms with van der Waals surface area (Å²) in [6.45, 7) is 4.43. The van der Waals surface area contributed by atoms with Gasteiger partial charge in [0.05, 0.1) is 10.0 Å². The van der Waals surface area contributed by atoms with Crippen LogP contribution in [0.25, 0.3) is 0 Å². The van der Waals surface area contributed by atoms with Crippen molar-refractivity contribution >= 4 is 46.5 Å². The molecule has 1 aromatic heterocycles. The molecule has 1 unspecified atom stereocenters. The highest BCUT2D eigenvalue weighted by atomic mass is 35.5. The summed E-state index contributed by atoms with van der Waals surface area (Å²) in [6, 6.07) is 2.45. The Hall–Kier alpha value is -0.390. The third-order valence-corrected chi connectivity index (χ3v) is 5.07. The van der Waals surface area contributed by atoms with Crippen molar-refractivity contribution in [2.75, 3.05) is 5.32 Å². The van der Waals surface area contributed by atoms with Gasteiger partial charge >= 0.3 is 0 Å². The minimum absolute atomic E-state index is 0.493. The fourth-order valence-corrected chi connectivity index (χ4v) is 3.89. The van der Waals surface area contributed by atoms with Crippen LogP contribution in [0.15, 0.2) is 14.7 Å². The quantitative estimate of drug-likeness (QED) is 0.771. The largest absolute Gasteiger partial charge is 0.353 e. The van der Waals surface area contributed by atoms with Crippen LogP contribution in [0.3, 0.4) is 0 Å². The topological polar surface area (TPSA) is 36.4 Å². The summed E-state index contributed by atoms with van der Waals surface area (Å²) in [4.78, 5) is 0. The van der Waals surface area contributed by atoms with Gasteiger partial charge in [0.15, 0.2) is 0 Å². The van der Waals surface area contributed by atoms with Crippen molar-refractivity contribution in [1.29, 1.82) is 0 Å². The van der Waals surface area contributed by atoms with E-state index in [4.69, 9.17) is 11.6 Å². The van der Waals surface area contributed by atoms with E-state index in [0.29, 0.717) is 6.04 Å². The van der Waals surface area contributed by atoms with Crippen LogP contribution in [0.1, 0.15) is 39.5 Å². The highest BCUT2D eigenvalue weighted by molar-refractivity contribution is 8.00. The Morgan fingerprint density at radius 3 is 3.06 bits per heavy atom. The maximum absolute atomic E-state index is 5.99.